The number of hydrogen-bond acceptors (Lipinski definition) is 2. The van der Waals surface area contributed by atoms with Crippen molar-refractivity contribution in [1.82, 2.24) is 15.1 Å². The van der Waals surface area contributed by atoms with Crippen LogP contribution in [-0.2, 0) is 6.54 Å². The molecule has 0 unspecified atom stereocenters. The molecule has 1 fully saturated rings. The van der Waals surface area contributed by atoms with Gasteiger partial charge in [0.15, 0.2) is 0 Å². The van der Waals surface area contributed by atoms with E-state index in [1.165, 1.54) is 31.4 Å². The monoisotopic (exact) mass is 221 g/mol. The van der Waals surface area contributed by atoms with Crippen LogP contribution in [0.25, 0.3) is 0 Å². The van der Waals surface area contributed by atoms with Crippen molar-refractivity contribution in [2.45, 2.75) is 52.1 Å². The molecule has 0 aliphatic heterocycles. The molecule has 0 saturated heterocycles. The van der Waals surface area contributed by atoms with E-state index < -0.39 is 0 Å². The van der Waals surface area contributed by atoms with E-state index in [1.807, 2.05) is 0 Å². The van der Waals surface area contributed by atoms with E-state index in [2.05, 4.69) is 41.2 Å². The Morgan fingerprint density at radius 1 is 1.44 bits per heavy atom. The molecule has 0 radical (unpaired) electrons. The number of hydrogen-bond donors (Lipinski definition) is 1. The molecule has 3 nitrogen and oxygen atoms in total. The van der Waals surface area contributed by atoms with E-state index in [0.29, 0.717) is 12.0 Å². The van der Waals surface area contributed by atoms with Crippen molar-refractivity contribution in [1.29, 1.82) is 0 Å². The number of nitrogens with zero attached hydrogens (tertiary/aromatic N) is 2. The lowest BCUT2D eigenvalue weighted by Gasteiger charge is -2.09. The highest BCUT2D eigenvalue weighted by atomic mass is 15.3. The Labute approximate surface area is 98.2 Å². The van der Waals surface area contributed by atoms with Gasteiger partial charge in [-0.3, -0.25) is 4.68 Å². The lowest BCUT2D eigenvalue weighted by atomic mass is 10.2. The molecule has 1 aliphatic carbocycles. The predicted octanol–water partition coefficient (Wildman–Crippen LogP) is 2.74. The Bertz CT molecular complexity index is 311. The first-order valence-corrected chi connectivity index (χ1v) is 6.50. The lowest BCUT2D eigenvalue weighted by molar-refractivity contribution is 0.459. The molecule has 0 spiro atoms. The van der Waals surface area contributed by atoms with Gasteiger partial charge in [-0.2, -0.15) is 5.10 Å². The van der Waals surface area contributed by atoms with Crippen LogP contribution in [0.1, 0.15) is 51.3 Å². The molecule has 1 aliphatic rings. The highest BCUT2D eigenvalue weighted by Crippen LogP contribution is 2.28. The SMILES string of the molecule is CC(C)CNCc1ccn(C2CCCC2)n1. The minimum Gasteiger partial charge on any atom is -0.311 e. The molecular weight excluding hydrogens is 198 g/mol. The summed E-state index contributed by atoms with van der Waals surface area (Å²) in [6.45, 7) is 6.42. The van der Waals surface area contributed by atoms with Crippen molar-refractivity contribution >= 4 is 0 Å². The Morgan fingerprint density at radius 3 is 2.88 bits per heavy atom. The minimum atomic E-state index is 0.666. The van der Waals surface area contributed by atoms with E-state index >= 15 is 0 Å². The zero-order valence-electron chi connectivity index (χ0n) is 10.4. The molecule has 1 aromatic heterocycles. The van der Waals surface area contributed by atoms with Crippen LogP contribution >= 0.6 is 0 Å². The highest BCUT2D eigenvalue weighted by Gasteiger charge is 2.17. The van der Waals surface area contributed by atoms with Crippen molar-refractivity contribution in [3.8, 4) is 0 Å². The first-order valence-electron chi connectivity index (χ1n) is 6.50. The molecule has 3 heteroatoms. The summed E-state index contributed by atoms with van der Waals surface area (Å²) in [4.78, 5) is 0. The molecule has 0 amide bonds. The van der Waals surface area contributed by atoms with Gasteiger partial charge in [0, 0.05) is 12.7 Å². The number of nitrogens with one attached hydrogen (secondary N) is 1. The molecule has 90 valence electrons. The lowest BCUT2D eigenvalue weighted by Crippen LogP contribution is -2.19. The second-order valence-corrected chi connectivity index (χ2v) is 5.25. The fourth-order valence-corrected chi connectivity index (χ4v) is 2.33. The van der Waals surface area contributed by atoms with Gasteiger partial charge in [-0.05, 0) is 31.4 Å². The summed E-state index contributed by atoms with van der Waals surface area (Å²) in [5, 5.41) is 8.07. The zero-order valence-corrected chi connectivity index (χ0v) is 10.4. The third-order valence-corrected chi connectivity index (χ3v) is 3.22. The summed E-state index contributed by atoms with van der Waals surface area (Å²) in [6, 6.07) is 2.81. The molecule has 1 heterocycles. The topological polar surface area (TPSA) is 29.9 Å². The van der Waals surface area contributed by atoms with Crippen LogP contribution in [0, 0.1) is 5.92 Å². The standard InChI is InChI=1S/C13H23N3/c1-11(2)9-14-10-12-7-8-16(15-12)13-5-3-4-6-13/h7-8,11,13-14H,3-6,9-10H2,1-2H3. The third kappa shape index (κ3) is 3.08. The minimum absolute atomic E-state index is 0.666. The first-order chi connectivity index (χ1) is 7.75. The molecular formula is C13H23N3. The van der Waals surface area contributed by atoms with Crippen molar-refractivity contribution in [3.05, 3.63) is 18.0 Å². The molecule has 1 aromatic rings. The maximum absolute atomic E-state index is 4.64. The highest BCUT2D eigenvalue weighted by molar-refractivity contribution is 4.99. The van der Waals surface area contributed by atoms with Crippen molar-refractivity contribution < 1.29 is 0 Å². The smallest absolute Gasteiger partial charge is 0.0762 e. The van der Waals surface area contributed by atoms with Gasteiger partial charge in [-0.25, -0.2) is 0 Å². The number of aromatic nitrogens is 2. The van der Waals surface area contributed by atoms with Crippen LogP contribution in [0.2, 0.25) is 0 Å². The summed E-state index contributed by atoms with van der Waals surface area (Å²) in [7, 11) is 0. The van der Waals surface area contributed by atoms with Crippen LogP contribution in [-0.4, -0.2) is 16.3 Å². The second kappa shape index (κ2) is 5.48. The van der Waals surface area contributed by atoms with Crippen LogP contribution in [0.5, 0.6) is 0 Å². The van der Waals surface area contributed by atoms with E-state index in [0.717, 1.165) is 13.1 Å². The quantitative estimate of drug-likeness (QED) is 0.828. The summed E-state index contributed by atoms with van der Waals surface area (Å²) in [6.07, 6.45) is 7.49. The van der Waals surface area contributed by atoms with Gasteiger partial charge < -0.3 is 5.32 Å². The van der Waals surface area contributed by atoms with Gasteiger partial charge in [0.1, 0.15) is 0 Å². The van der Waals surface area contributed by atoms with Gasteiger partial charge in [0.2, 0.25) is 0 Å². The van der Waals surface area contributed by atoms with Crippen molar-refractivity contribution in [2.75, 3.05) is 6.54 Å². The summed E-state index contributed by atoms with van der Waals surface area (Å²) in [5.74, 6) is 0.705. The molecule has 1 saturated carbocycles. The molecule has 1 N–H and O–H groups in total. The number of rotatable bonds is 5. The van der Waals surface area contributed by atoms with Gasteiger partial charge in [0.25, 0.3) is 0 Å². The van der Waals surface area contributed by atoms with Crippen LogP contribution < -0.4 is 5.32 Å². The van der Waals surface area contributed by atoms with Crippen LogP contribution in [0.4, 0.5) is 0 Å². The van der Waals surface area contributed by atoms with Gasteiger partial charge in [-0.1, -0.05) is 26.7 Å². The Morgan fingerprint density at radius 2 is 2.19 bits per heavy atom. The van der Waals surface area contributed by atoms with Crippen molar-refractivity contribution in [2.24, 2.45) is 5.92 Å². The van der Waals surface area contributed by atoms with E-state index in [4.69, 9.17) is 0 Å². The third-order valence-electron chi connectivity index (χ3n) is 3.22. The Kier molecular flexibility index (Phi) is 3.99. The van der Waals surface area contributed by atoms with E-state index in [1.54, 1.807) is 0 Å². The summed E-state index contributed by atoms with van der Waals surface area (Å²) < 4.78 is 2.17. The molecule has 2 rings (SSSR count). The Hall–Kier alpha value is -0.830. The average Bonchev–Trinajstić information content (AvgIpc) is 2.85. The normalized spacial score (nSPS) is 17.4. The maximum Gasteiger partial charge on any atom is 0.0762 e. The fourth-order valence-electron chi connectivity index (χ4n) is 2.33. The second-order valence-electron chi connectivity index (χ2n) is 5.25. The van der Waals surface area contributed by atoms with Crippen LogP contribution in [0.15, 0.2) is 12.3 Å². The zero-order chi connectivity index (χ0) is 11.4. The van der Waals surface area contributed by atoms with Crippen LogP contribution in [0.3, 0.4) is 0 Å². The molecule has 0 aromatic carbocycles. The molecule has 0 atom stereocenters. The largest absolute Gasteiger partial charge is 0.311 e. The Balaban J connectivity index is 1.82. The first kappa shape index (κ1) is 11.6. The summed E-state index contributed by atoms with van der Waals surface area (Å²) >= 11 is 0. The fraction of sp³-hybridized carbons (Fsp3) is 0.769. The summed E-state index contributed by atoms with van der Waals surface area (Å²) in [5.41, 5.74) is 1.17. The molecule has 16 heavy (non-hydrogen) atoms. The van der Waals surface area contributed by atoms with E-state index in [-0.39, 0.29) is 0 Å². The van der Waals surface area contributed by atoms with Gasteiger partial charge >= 0.3 is 0 Å². The van der Waals surface area contributed by atoms with E-state index in [9.17, 15) is 0 Å². The van der Waals surface area contributed by atoms with Gasteiger partial charge in [-0.15, -0.1) is 0 Å². The maximum atomic E-state index is 4.64. The van der Waals surface area contributed by atoms with Crippen molar-refractivity contribution in [3.63, 3.8) is 0 Å². The van der Waals surface area contributed by atoms with Gasteiger partial charge in [0.05, 0.1) is 11.7 Å². The predicted molar refractivity (Wildman–Crippen MR) is 66.3 cm³/mol. The average molecular weight is 221 g/mol. The molecule has 0 bridgehead atoms.